The van der Waals surface area contributed by atoms with Crippen LogP contribution in [0.5, 0.6) is 0 Å². The molecule has 1 saturated heterocycles. The van der Waals surface area contributed by atoms with Gasteiger partial charge in [0.2, 0.25) is 5.91 Å². The third kappa shape index (κ3) is 7.87. The number of alkyl carbamates (subject to hydrolysis) is 1. The normalized spacial score (nSPS) is 20.5. The van der Waals surface area contributed by atoms with Crippen molar-refractivity contribution >= 4 is 12.0 Å². The molecule has 3 fully saturated rings. The molecule has 2 bridgehead atoms. The number of likely N-dealkylation sites (tertiary alicyclic amines) is 1. The van der Waals surface area contributed by atoms with Gasteiger partial charge in [-0.15, -0.1) is 0 Å². The zero-order valence-corrected chi connectivity index (χ0v) is 32.1. The minimum atomic E-state index is -0.655. The molecule has 6 aromatic rings. The number of ether oxygens (including phenoxy) is 1. The van der Waals surface area contributed by atoms with Gasteiger partial charge in [0.15, 0.2) is 0 Å². The number of aromatic amines is 3. The van der Waals surface area contributed by atoms with Crippen molar-refractivity contribution in [3.63, 3.8) is 0 Å². The second-order valence-electron chi connectivity index (χ2n) is 15.6. The highest BCUT2D eigenvalue weighted by Gasteiger charge is 2.41. The van der Waals surface area contributed by atoms with Crippen LogP contribution >= 0.6 is 0 Å². The largest absolute Gasteiger partial charge is 0.453 e. The summed E-state index contributed by atoms with van der Waals surface area (Å²) in [5.41, 5.74) is 8.54. The minimum Gasteiger partial charge on any atom is -0.453 e. The Morgan fingerprint density at radius 3 is 2.02 bits per heavy atom. The lowest BCUT2D eigenvalue weighted by atomic mass is 9.88. The van der Waals surface area contributed by atoms with E-state index in [0.717, 1.165) is 75.4 Å². The lowest BCUT2D eigenvalue weighted by Crippen LogP contribution is -2.51. The monoisotopic (exact) mass is 751 g/mol. The third-order valence-corrected chi connectivity index (χ3v) is 11.7. The Kier molecular flexibility index (Phi) is 10.8. The molecule has 5 heterocycles. The van der Waals surface area contributed by atoms with Crippen LogP contribution in [0.4, 0.5) is 4.79 Å². The fourth-order valence-electron chi connectivity index (χ4n) is 8.72. The second-order valence-corrected chi connectivity index (χ2v) is 15.6. The fourth-order valence-corrected chi connectivity index (χ4v) is 8.72. The number of nitrogens with one attached hydrogen (secondary N) is 4. The van der Waals surface area contributed by atoms with Crippen molar-refractivity contribution in [1.29, 1.82) is 0 Å². The van der Waals surface area contributed by atoms with Crippen molar-refractivity contribution in [1.82, 2.24) is 45.1 Å². The standard InChI is InChI=1S/C36H42N6O3.C8H7N3/c1-21(2)32(41-36(44)45-3)35(43)42-16-4-5-31(42)34-38-20-30(40-34)26-14-10-24(11-15-26)23-8-12-25(13-9-23)29-19-37-33(39-29)28-18-22-6-7-27(28)17-22;1-2-7(4-9-3-1)8-5-10-6-11-8/h8-15,19-22,27-28,31-32H,4-7,16-18H2,1-3H3,(H,37,39)(H,38,40)(H,41,44);1-6H,(H,10,11)/t22?,27?,28-,31?,32?;/m1./s1. The van der Waals surface area contributed by atoms with Gasteiger partial charge in [0.25, 0.3) is 0 Å². The molecule has 12 heteroatoms. The maximum Gasteiger partial charge on any atom is 0.407 e. The number of carbonyl (C=O) groups is 2. The summed E-state index contributed by atoms with van der Waals surface area (Å²) in [5.74, 6) is 4.07. The molecule has 288 valence electrons. The van der Waals surface area contributed by atoms with E-state index in [9.17, 15) is 9.59 Å². The van der Waals surface area contributed by atoms with Gasteiger partial charge in [-0.2, -0.15) is 0 Å². The first-order valence-corrected chi connectivity index (χ1v) is 19.7. The van der Waals surface area contributed by atoms with Crippen LogP contribution in [0.15, 0.2) is 98.0 Å². The SMILES string of the molecule is COC(=O)NC(C(=O)N1CCCC1c1ncc(-c2ccc(-c3ccc(-c4cnc([C@@H]5CC6CCC5C6)[nH]4)cc3)cc2)[nH]1)C(C)C.c1cncc(-c2cnc[nH]2)c1. The van der Waals surface area contributed by atoms with Gasteiger partial charge < -0.3 is 29.9 Å². The average Bonchev–Trinajstić information content (AvgIpc) is 4.10. The highest BCUT2D eigenvalue weighted by atomic mass is 16.5. The Balaban J connectivity index is 0.000000343. The van der Waals surface area contributed by atoms with Crippen LogP contribution in [0.3, 0.4) is 0 Å². The number of aromatic nitrogens is 7. The second kappa shape index (κ2) is 16.4. The third-order valence-electron chi connectivity index (χ3n) is 11.7. The zero-order valence-electron chi connectivity index (χ0n) is 32.1. The number of nitrogens with zero attached hydrogens (tertiary/aromatic N) is 5. The maximum atomic E-state index is 13.5. The van der Waals surface area contributed by atoms with E-state index >= 15 is 0 Å². The van der Waals surface area contributed by atoms with Gasteiger partial charge in [0.05, 0.1) is 55.2 Å². The Hall–Kier alpha value is -6.04. The van der Waals surface area contributed by atoms with E-state index in [4.69, 9.17) is 9.72 Å². The molecule has 4 unspecified atom stereocenters. The van der Waals surface area contributed by atoms with Crippen molar-refractivity contribution in [2.24, 2.45) is 17.8 Å². The van der Waals surface area contributed by atoms with E-state index in [0.29, 0.717) is 12.5 Å². The zero-order chi connectivity index (χ0) is 38.6. The van der Waals surface area contributed by atoms with Gasteiger partial charge in [-0.25, -0.2) is 19.7 Å². The summed E-state index contributed by atoms with van der Waals surface area (Å²) in [5, 5.41) is 2.70. The van der Waals surface area contributed by atoms with E-state index in [1.807, 2.05) is 43.3 Å². The number of hydrogen-bond acceptors (Lipinski definition) is 7. The lowest BCUT2D eigenvalue weighted by molar-refractivity contribution is -0.135. The van der Waals surface area contributed by atoms with Gasteiger partial charge in [0.1, 0.15) is 17.7 Å². The number of methoxy groups -OCH3 is 1. The smallest absolute Gasteiger partial charge is 0.407 e. The van der Waals surface area contributed by atoms with Crippen molar-refractivity contribution in [3.05, 3.63) is 110 Å². The molecule has 5 atom stereocenters. The molecule has 9 rings (SSSR count). The van der Waals surface area contributed by atoms with E-state index in [1.165, 1.54) is 38.6 Å². The summed E-state index contributed by atoms with van der Waals surface area (Å²) >= 11 is 0. The molecule has 4 N–H and O–H groups in total. The van der Waals surface area contributed by atoms with Gasteiger partial charge in [-0.1, -0.05) is 68.8 Å². The summed E-state index contributed by atoms with van der Waals surface area (Å²) in [6.07, 6.45) is 17.3. The lowest BCUT2D eigenvalue weighted by Gasteiger charge is -2.30. The van der Waals surface area contributed by atoms with Gasteiger partial charge in [-0.05, 0) is 84.2 Å². The Labute approximate surface area is 327 Å². The molecule has 3 aliphatic rings. The molecule has 4 aromatic heterocycles. The van der Waals surface area contributed by atoms with Crippen LogP contribution in [0, 0.1) is 17.8 Å². The number of amides is 2. The highest BCUT2D eigenvalue weighted by molar-refractivity contribution is 5.86. The average molecular weight is 752 g/mol. The van der Waals surface area contributed by atoms with E-state index in [1.54, 1.807) is 24.9 Å². The Morgan fingerprint density at radius 1 is 0.768 bits per heavy atom. The summed E-state index contributed by atoms with van der Waals surface area (Å²) in [7, 11) is 1.30. The molecule has 2 aromatic carbocycles. The van der Waals surface area contributed by atoms with Gasteiger partial charge >= 0.3 is 6.09 Å². The first-order valence-electron chi connectivity index (χ1n) is 19.7. The van der Waals surface area contributed by atoms with Gasteiger partial charge in [0, 0.05) is 30.4 Å². The fraction of sp³-hybridized carbons (Fsp3) is 0.364. The highest BCUT2D eigenvalue weighted by Crippen LogP contribution is 2.52. The number of imidazole rings is 3. The summed E-state index contributed by atoms with van der Waals surface area (Å²) in [4.78, 5) is 54.6. The van der Waals surface area contributed by atoms with E-state index < -0.39 is 12.1 Å². The maximum absolute atomic E-state index is 13.5. The van der Waals surface area contributed by atoms with Crippen molar-refractivity contribution in [2.75, 3.05) is 13.7 Å². The molecule has 1 aliphatic heterocycles. The summed E-state index contributed by atoms with van der Waals surface area (Å²) in [6.45, 7) is 4.46. The molecule has 56 heavy (non-hydrogen) atoms. The molecular formula is C44H49N9O3. The van der Waals surface area contributed by atoms with E-state index in [2.05, 4.69) is 83.8 Å². The first-order chi connectivity index (χ1) is 27.3. The minimum absolute atomic E-state index is 0.0743. The van der Waals surface area contributed by atoms with Crippen LogP contribution in [-0.4, -0.2) is 71.5 Å². The van der Waals surface area contributed by atoms with Crippen molar-refractivity contribution < 1.29 is 14.3 Å². The quantitative estimate of drug-likeness (QED) is 0.115. The Bertz CT molecular complexity index is 2210. The molecular weight excluding hydrogens is 703 g/mol. The first kappa shape index (κ1) is 36.9. The predicted molar refractivity (Wildman–Crippen MR) is 215 cm³/mol. The molecule has 2 saturated carbocycles. The predicted octanol–water partition coefficient (Wildman–Crippen LogP) is 8.55. The van der Waals surface area contributed by atoms with Crippen LogP contribution in [0.25, 0.3) is 44.9 Å². The van der Waals surface area contributed by atoms with Crippen molar-refractivity contribution in [2.45, 2.75) is 70.4 Å². The molecule has 2 amide bonds. The summed E-state index contributed by atoms with van der Waals surface area (Å²) < 4.78 is 4.75. The number of benzene rings is 2. The molecule has 2 aliphatic carbocycles. The number of pyridine rings is 1. The summed E-state index contributed by atoms with van der Waals surface area (Å²) in [6, 6.07) is 20.2. The van der Waals surface area contributed by atoms with E-state index in [-0.39, 0.29) is 17.9 Å². The Morgan fingerprint density at radius 2 is 1.45 bits per heavy atom. The number of carbonyl (C=O) groups excluding carboxylic acids is 2. The topological polar surface area (TPSA) is 158 Å². The van der Waals surface area contributed by atoms with Crippen LogP contribution in [0.1, 0.15) is 76.0 Å². The molecule has 12 nitrogen and oxygen atoms in total. The van der Waals surface area contributed by atoms with Crippen LogP contribution < -0.4 is 5.32 Å². The number of fused-ring (bicyclic) bond motifs is 2. The molecule has 0 spiro atoms. The number of H-pyrrole nitrogens is 3. The molecule has 0 radical (unpaired) electrons. The van der Waals surface area contributed by atoms with Crippen LogP contribution in [0.2, 0.25) is 0 Å². The number of rotatable bonds is 9. The van der Waals surface area contributed by atoms with Crippen LogP contribution in [-0.2, 0) is 9.53 Å². The number of hydrogen-bond donors (Lipinski definition) is 4. The van der Waals surface area contributed by atoms with Crippen molar-refractivity contribution in [3.8, 4) is 44.9 Å². The van der Waals surface area contributed by atoms with Gasteiger partial charge in [-0.3, -0.25) is 9.78 Å².